The highest BCUT2D eigenvalue weighted by atomic mass is 32.2. The van der Waals surface area contributed by atoms with Crippen molar-refractivity contribution in [1.82, 2.24) is 0 Å². The van der Waals surface area contributed by atoms with Gasteiger partial charge in [0.25, 0.3) is 0 Å². The van der Waals surface area contributed by atoms with Crippen molar-refractivity contribution in [2.45, 2.75) is 11.3 Å². The van der Waals surface area contributed by atoms with Crippen LogP contribution in [0, 0.1) is 5.82 Å². The second-order valence-corrected chi connectivity index (χ2v) is 4.94. The van der Waals surface area contributed by atoms with Gasteiger partial charge < -0.3 is 4.79 Å². The summed E-state index contributed by atoms with van der Waals surface area (Å²) < 4.78 is 36.4. The Balaban J connectivity index is 2.74. The molecule has 0 amide bonds. The van der Waals surface area contributed by atoms with E-state index in [1.807, 2.05) is 0 Å². The number of aldehydes is 1. The molecule has 1 aromatic rings. The Bertz CT molecular complexity index is 558. The first-order chi connectivity index (χ1) is 7.06. The standard InChI is InChI=1S/C10H7FO3S/c11-8-2-1-3-9-10(8)7(4-5-12)6-15(9,13)14/h1-3,5-6H,4H2. The van der Waals surface area contributed by atoms with Gasteiger partial charge in [0.05, 0.1) is 4.90 Å². The van der Waals surface area contributed by atoms with Gasteiger partial charge >= 0.3 is 0 Å². The fraction of sp³-hybridized carbons (Fsp3) is 0.100. The molecule has 0 unspecified atom stereocenters. The van der Waals surface area contributed by atoms with Crippen LogP contribution in [0.2, 0.25) is 0 Å². The van der Waals surface area contributed by atoms with Crippen LogP contribution < -0.4 is 0 Å². The molecule has 2 rings (SSSR count). The lowest BCUT2D eigenvalue weighted by Gasteiger charge is -2.01. The summed E-state index contributed by atoms with van der Waals surface area (Å²) in [4.78, 5) is 10.3. The summed E-state index contributed by atoms with van der Waals surface area (Å²) in [6, 6.07) is 3.85. The van der Waals surface area contributed by atoms with E-state index in [-0.39, 0.29) is 22.5 Å². The third-order valence-electron chi connectivity index (χ3n) is 2.20. The molecule has 0 aromatic heterocycles. The minimum Gasteiger partial charge on any atom is -0.303 e. The number of allylic oxidation sites excluding steroid dienone is 1. The summed E-state index contributed by atoms with van der Waals surface area (Å²) in [6.45, 7) is 0. The zero-order chi connectivity index (χ0) is 11.1. The van der Waals surface area contributed by atoms with E-state index in [1.54, 1.807) is 0 Å². The highest BCUT2D eigenvalue weighted by Gasteiger charge is 2.28. The van der Waals surface area contributed by atoms with Gasteiger partial charge in [-0.15, -0.1) is 0 Å². The first kappa shape index (κ1) is 10.0. The summed E-state index contributed by atoms with van der Waals surface area (Å²) >= 11 is 0. The molecule has 5 heteroatoms. The molecule has 0 N–H and O–H groups in total. The first-order valence-electron chi connectivity index (χ1n) is 4.24. The number of benzene rings is 1. The number of hydrogen-bond acceptors (Lipinski definition) is 3. The second-order valence-electron chi connectivity index (χ2n) is 3.17. The lowest BCUT2D eigenvalue weighted by Crippen LogP contribution is -1.95. The molecule has 0 aliphatic carbocycles. The molecule has 0 atom stereocenters. The van der Waals surface area contributed by atoms with Gasteiger partial charge in [-0.25, -0.2) is 12.8 Å². The molecular weight excluding hydrogens is 219 g/mol. The van der Waals surface area contributed by atoms with Crippen LogP contribution in [0.25, 0.3) is 5.57 Å². The van der Waals surface area contributed by atoms with Gasteiger partial charge in [-0.3, -0.25) is 0 Å². The Morgan fingerprint density at radius 1 is 1.33 bits per heavy atom. The summed E-state index contributed by atoms with van der Waals surface area (Å²) in [7, 11) is -3.56. The van der Waals surface area contributed by atoms with Crippen molar-refractivity contribution in [3.05, 3.63) is 35.0 Å². The van der Waals surface area contributed by atoms with Crippen molar-refractivity contribution in [2.24, 2.45) is 0 Å². The Morgan fingerprint density at radius 3 is 2.73 bits per heavy atom. The van der Waals surface area contributed by atoms with Gasteiger partial charge in [0.1, 0.15) is 12.1 Å². The van der Waals surface area contributed by atoms with Crippen molar-refractivity contribution < 1.29 is 17.6 Å². The van der Waals surface area contributed by atoms with Crippen LogP contribution >= 0.6 is 0 Å². The maximum absolute atomic E-state index is 13.4. The lowest BCUT2D eigenvalue weighted by molar-refractivity contribution is -0.107. The van der Waals surface area contributed by atoms with Gasteiger partial charge in [-0.2, -0.15) is 0 Å². The van der Waals surface area contributed by atoms with Crippen LogP contribution in [0.5, 0.6) is 0 Å². The minimum atomic E-state index is -3.56. The topological polar surface area (TPSA) is 51.2 Å². The predicted molar refractivity (Wildman–Crippen MR) is 52.2 cm³/mol. The van der Waals surface area contributed by atoms with E-state index in [0.29, 0.717) is 6.29 Å². The van der Waals surface area contributed by atoms with Crippen LogP contribution in [0.3, 0.4) is 0 Å². The number of carbonyl (C=O) groups excluding carboxylic acids is 1. The fourth-order valence-corrected chi connectivity index (χ4v) is 3.10. The Labute approximate surface area is 86.1 Å². The van der Waals surface area contributed by atoms with Crippen LogP contribution in [-0.2, 0) is 14.6 Å². The van der Waals surface area contributed by atoms with E-state index in [0.717, 1.165) is 5.41 Å². The third kappa shape index (κ3) is 1.48. The van der Waals surface area contributed by atoms with Gasteiger partial charge in [0, 0.05) is 17.4 Å². The zero-order valence-corrected chi connectivity index (χ0v) is 8.42. The van der Waals surface area contributed by atoms with Crippen molar-refractivity contribution in [2.75, 3.05) is 0 Å². The number of sulfone groups is 1. The van der Waals surface area contributed by atoms with Crippen molar-refractivity contribution in [3.63, 3.8) is 0 Å². The monoisotopic (exact) mass is 226 g/mol. The van der Waals surface area contributed by atoms with Gasteiger partial charge in [0.15, 0.2) is 0 Å². The first-order valence-corrected chi connectivity index (χ1v) is 5.79. The van der Waals surface area contributed by atoms with Crippen molar-refractivity contribution in [1.29, 1.82) is 0 Å². The average molecular weight is 226 g/mol. The largest absolute Gasteiger partial charge is 0.303 e. The Kier molecular flexibility index (Phi) is 2.19. The maximum Gasteiger partial charge on any atom is 0.200 e. The molecule has 15 heavy (non-hydrogen) atoms. The molecule has 1 aromatic carbocycles. The Morgan fingerprint density at radius 2 is 2.07 bits per heavy atom. The number of hydrogen-bond donors (Lipinski definition) is 0. The van der Waals surface area contributed by atoms with Crippen molar-refractivity contribution >= 4 is 21.7 Å². The normalized spacial score (nSPS) is 17.0. The minimum absolute atomic E-state index is 0.0320. The highest BCUT2D eigenvalue weighted by molar-refractivity contribution is 7.95. The molecule has 0 saturated carbocycles. The van der Waals surface area contributed by atoms with Crippen LogP contribution in [-0.4, -0.2) is 14.7 Å². The maximum atomic E-state index is 13.4. The Hall–Kier alpha value is -1.49. The molecule has 0 saturated heterocycles. The molecule has 0 fully saturated rings. The van der Waals surface area contributed by atoms with Gasteiger partial charge in [-0.1, -0.05) is 6.07 Å². The van der Waals surface area contributed by atoms with E-state index in [4.69, 9.17) is 0 Å². The number of carbonyl (C=O) groups is 1. The summed E-state index contributed by atoms with van der Waals surface area (Å²) in [5, 5.41) is 0.954. The second kappa shape index (κ2) is 3.27. The van der Waals surface area contributed by atoms with E-state index in [2.05, 4.69) is 0 Å². The molecule has 1 heterocycles. The number of rotatable bonds is 2. The third-order valence-corrected chi connectivity index (χ3v) is 3.75. The highest BCUT2D eigenvalue weighted by Crippen LogP contribution is 2.36. The van der Waals surface area contributed by atoms with E-state index < -0.39 is 15.7 Å². The van der Waals surface area contributed by atoms with Crippen molar-refractivity contribution in [3.8, 4) is 0 Å². The average Bonchev–Trinajstić information content (AvgIpc) is 2.41. The van der Waals surface area contributed by atoms with Gasteiger partial charge in [-0.05, 0) is 17.7 Å². The summed E-state index contributed by atoms with van der Waals surface area (Å²) in [5.41, 5.74) is 0.253. The van der Waals surface area contributed by atoms with Crippen LogP contribution in [0.1, 0.15) is 12.0 Å². The van der Waals surface area contributed by atoms with Crippen LogP contribution in [0.4, 0.5) is 4.39 Å². The summed E-state index contributed by atoms with van der Waals surface area (Å²) in [5.74, 6) is -0.610. The zero-order valence-electron chi connectivity index (χ0n) is 7.60. The molecule has 1 aliphatic heterocycles. The van der Waals surface area contributed by atoms with Gasteiger partial charge in [0.2, 0.25) is 9.84 Å². The number of halogens is 1. The molecule has 3 nitrogen and oxygen atoms in total. The smallest absolute Gasteiger partial charge is 0.200 e. The molecule has 0 spiro atoms. The van der Waals surface area contributed by atoms with E-state index in [1.165, 1.54) is 18.2 Å². The molecule has 0 bridgehead atoms. The quantitative estimate of drug-likeness (QED) is 0.719. The van der Waals surface area contributed by atoms with Crippen LogP contribution in [0.15, 0.2) is 28.5 Å². The summed E-state index contributed by atoms with van der Waals surface area (Å²) in [6.07, 6.45) is 0.468. The van der Waals surface area contributed by atoms with E-state index in [9.17, 15) is 17.6 Å². The molecule has 0 radical (unpaired) electrons. The predicted octanol–water partition coefficient (Wildman–Crippen LogP) is 1.54. The molecular formula is C10H7FO3S. The SMILES string of the molecule is O=CCC1=CS(=O)(=O)c2cccc(F)c21. The number of fused-ring (bicyclic) bond motifs is 1. The molecule has 1 aliphatic rings. The van der Waals surface area contributed by atoms with E-state index >= 15 is 0 Å². The fourth-order valence-electron chi connectivity index (χ4n) is 1.60. The lowest BCUT2D eigenvalue weighted by atomic mass is 10.1. The molecule has 78 valence electrons.